The van der Waals surface area contributed by atoms with Gasteiger partial charge in [0.1, 0.15) is 0 Å². The summed E-state index contributed by atoms with van der Waals surface area (Å²) < 4.78 is 0. The molecule has 0 aliphatic heterocycles. The highest BCUT2D eigenvalue weighted by Crippen LogP contribution is 2.14. The van der Waals surface area contributed by atoms with Crippen LogP contribution in [0.5, 0.6) is 0 Å². The van der Waals surface area contributed by atoms with Crippen molar-refractivity contribution in [1.29, 1.82) is 0 Å². The Bertz CT molecular complexity index is 237. The maximum atomic E-state index is 12.3. The summed E-state index contributed by atoms with van der Waals surface area (Å²) >= 11 is 0. The number of amides is 1. The quantitative estimate of drug-likeness (QED) is 0.697. The minimum absolute atomic E-state index is 0.0811. The summed E-state index contributed by atoms with van der Waals surface area (Å²) in [5.74, 6) is 1.54. The Kier molecular flexibility index (Phi) is 9.07. The van der Waals surface area contributed by atoms with Gasteiger partial charge in [-0.05, 0) is 45.4 Å². The molecule has 0 rings (SSSR count). The zero-order valence-electron chi connectivity index (χ0n) is 14.0. The minimum atomic E-state index is -0.0811. The number of carbonyl (C=O) groups excluding carboxylic acids is 1. The second kappa shape index (κ2) is 9.35. The van der Waals surface area contributed by atoms with E-state index >= 15 is 0 Å². The third-order valence-electron chi connectivity index (χ3n) is 3.44. The average molecular weight is 270 g/mol. The Morgan fingerprint density at radius 2 is 1.37 bits per heavy atom. The van der Waals surface area contributed by atoms with Gasteiger partial charge in [0.05, 0.1) is 6.04 Å². The van der Waals surface area contributed by atoms with E-state index in [4.69, 9.17) is 0 Å². The fraction of sp³-hybridized carbons (Fsp3) is 0.938. The second-order valence-corrected chi connectivity index (χ2v) is 6.35. The minimum Gasteiger partial charge on any atom is -0.342 e. The molecular formula is C16H34N2O. The van der Waals surface area contributed by atoms with E-state index in [-0.39, 0.29) is 11.9 Å². The third-order valence-corrected chi connectivity index (χ3v) is 3.44. The fourth-order valence-electron chi connectivity index (χ4n) is 2.60. The molecule has 0 bridgehead atoms. The van der Waals surface area contributed by atoms with Gasteiger partial charge in [0, 0.05) is 19.1 Å². The van der Waals surface area contributed by atoms with Crippen molar-refractivity contribution >= 4 is 5.91 Å². The highest BCUT2D eigenvalue weighted by atomic mass is 16.2. The summed E-state index contributed by atoms with van der Waals surface area (Å²) in [6.07, 6.45) is 2.27. The smallest absolute Gasteiger partial charge is 0.239 e. The number of nitrogens with one attached hydrogen (secondary N) is 1. The molecule has 0 heterocycles. The number of carbonyl (C=O) groups is 1. The first kappa shape index (κ1) is 18.4. The van der Waals surface area contributed by atoms with Crippen molar-refractivity contribution in [2.75, 3.05) is 13.1 Å². The molecule has 19 heavy (non-hydrogen) atoms. The van der Waals surface area contributed by atoms with Crippen molar-refractivity contribution in [1.82, 2.24) is 10.2 Å². The van der Waals surface area contributed by atoms with Gasteiger partial charge in [-0.25, -0.2) is 0 Å². The Hall–Kier alpha value is -0.570. The van der Waals surface area contributed by atoms with Gasteiger partial charge in [-0.2, -0.15) is 0 Å². The third kappa shape index (κ3) is 7.56. The van der Waals surface area contributed by atoms with Crippen LogP contribution in [0.1, 0.15) is 61.3 Å². The number of hydrogen-bond acceptors (Lipinski definition) is 2. The number of rotatable bonds is 9. The first-order chi connectivity index (χ1) is 8.81. The summed E-state index contributed by atoms with van der Waals surface area (Å²) in [5.41, 5.74) is 0. The normalized spacial score (nSPS) is 13.4. The zero-order chi connectivity index (χ0) is 15.0. The van der Waals surface area contributed by atoms with Gasteiger partial charge in [0.2, 0.25) is 5.91 Å². The van der Waals surface area contributed by atoms with Crippen molar-refractivity contribution in [2.45, 2.75) is 73.4 Å². The molecule has 0 aromatic rings. The van der Waals surface area contributed by atoms with E-state index in [1.165, 1.54) is 0 Å². The Balaban J connectivity index is 4.51. The maximum Gasteiger partial charge on any atom is 0.239 e. The standard InChI is InChI=1S/C16H34N2O/c1-8-18(9-2)16(19)14(7)17-15(10-12(3)4)11-13(5)6/h12-15,17H,8-11H2,1-7H3. The molecule has 1 atom stereocenters. The molecule has 3 nitrogen and oxygen atoms in total. The van der Waals surface area contributed by atoms with Crippen molar-refractivity contribution in [2.24, 2.45) is 11.8 Å². The van der Waals surface area contributed by atoms with Crippen molar-refractivity contribution in [3.63, 3.8) is 0 Å². The van der Waals surface area contributed by atoms with Crippen LogP contribution >= 0.6 is 0 Å². The predicted octanol–water partition coefficient (Wildman–Crippen LogP) is 3.29. The summed E-state index contributed by atoms with van der Waals surface area (Å²) in [4.78, 5) is 14.2. The van der Waals surface area contributed by atoms with E-state index in [0.29, 0.717) is 17.9 Å². The zero-order valence-corrected chi connectivity index (χ0v) is 14.0. The van der Waals surface area contributed by atoms with Crippen molar-refractivity contribution in [3.8, 4) is 0 Å². The predicted molar refractivity (Wildman–Crippen MR) is 83.2 cm³/mol. The number of hydrogen-bond donors (Lipinski definition) is 1. The molecule has 0 aromatic carbocycles. The first-order valence-corrected chi connectivity index (χ1v) is 7.86. The summed E-state index contributed by atoms with van der Waals surface area (Å²) in [6.45, 7) is 16.6. The Labute approximate surface area is 120 Å². The van der Waals surface area contributed by atoms with E-state index in [9.17, 15) is 4.79 Å². The maximum absolute atomic E-state index is 12.3. The molecule has 1 amide bonds. The summed E-state index contributed by atoms with van der Waals surface area (Å²) in [5, 5.41) is 3.54. The highest BCUT2D eigenvalue weighted by molar-refractivity contribution is 5.81. The molecular weight excluding hydrogens is 236 g/mol. The number of nitrogens with zero attached hydrogens (tertiary/aromatic N) is 1. The fourth-order valence-corrected chi connectivity index (χ4v) is 2.60. The molecule has 0 spiro atoms. The van der Waals surface area contributed by atoms with Crippen LogP contribution in [0.15, 0.2) is 0 Å². The summed E-state index contributed by atoms with van der Waals surface area (Å²) in [6, 6.07) is 0.358. The largest absolute Gasteiger partial charge is 0.342 e. The molecule has 114 valence electrons. The molecule has 0 aliphatic carbocycles. The monoisotopic (exact) mass is 270 g/mol. The molecule has 0 aromatic heterocycles. The van der Waals surface area contributed by atoms with E-state index in [0.717, 1.165) is 25.9 Å². The SMILES string of the molecule is CCN(CC)C(=O)C(C)NC(CC(C)C)CC(C)C. The lowest BCUT2D eigenvalue weighted by molar-refractivity contribution is -0.132. The van der Waals surface area contributed by atoms with Crippen LogP contribution in [0.2, 0.25) is 0 Å². The molecule has 0 aliphatic rings. The second-order valence-electron chi connectivity index (χ2n) is 6.35. The van der Waals surface area contributed by atoms with E-state index < -0.39 is 0 Å². The summed E-state index contributed by atoms with van der Waals surface area (Å²) in [7, 11) is 0. The van der Waals surface area contributed by atoms with Gasteiger partial charge in [-0.15, -0.1) is 0 Å². The van der Waals surface area contributed by atoms with Gasteiger partial charge < -0.3 is 10.2 Å². The van der Waals surface area contributed by atoms with Crippen molar-refractivity contribution in [3.05, 3.63) is 0 Å². The average Bonchev–Trinajstić information content (AvgIpc) is 2.28. The van der Waals surface area contributed by atoms with E-state index in [2.05, 4.69) is 33.0 Å². The van der Waals surface area contributed by atoms with Gasteiger partial charge in [0.15, 0.2) is 0 Å². The number of likely N-dealkylation sites (N-methyl/N-ethyl adjacent to an activating group) is 1. The van der Waals surface area contributed by atoms with E-state index in [1.54, 1.807) is 0 Å². The van der Waals surface area contributed by atoms with Crippen LogP contribution < -0.4 is 5.32 Å². The lowest BCUT2D eigenvalue weighted by Crippen LogP contribution is -2.48. The highest BCUT2D eigenvalue weighted by Gasteiger charge is 2.22. The van der Waals surface area contributed by atoms with Crippen molar-refractivity contribution < 1.29 is 4.79 Å². The molecule has 0 saturated carbocycles. The van der Waals surface area contributed by atoms with Crippen LogP contribution in [-0.4, -0.2) is 36.0 Å². The Morgan fingerprint density at radius 3 is 1.68 bits per heavy atom. The van der Waals surface area contributed by atoms with Crippen LogP contribution in [0.25, 0.3) is 0 Å². The molecule has 0 radical (unpaired) electrons. The Morgan fingerprint density at radius 1 is 0.947 bits per heavy atom. The van der Waals surface area contributed by atoms with Gasteiger partial charge >= 0.3 is 0 Å². The molecule has 0 saturated heterocycles. The van der Waals surface area contributed by atoms with Crippen LogP contribution in [-0.2, 0) is 4.79 Å². The topological polar surface area (TPSA) is 32.3 Å². The molecule has 3 heteroatoms. The van der Waals surface area contributed by atoms with Crippen LogP contribution in [0, 0.1) is 11.8 Å². The first-order valence-electron chi connectivity index (χ1n) is 7.86. The van der Waals surface area contributed by atoms with Gasteiger partial charge in [0.25, 0.3) is 0 Å². The molecule has 1 unspecified atom stereocenters. The molecule has 0 fully saturated rings. The van der Waals surface area contributed by atoms with Gasteiger partial charge in [-0.3, -0.25) is 4.79 Å². The lowest BCUT2D eigenvalue weighted by Gasteiger charge is -2.29. The van der Waals surface area contributed by atoms with E-state index in [1.807, 2.05) is 25.7 Å². The lowest BCUT2D eigenvalue weighted by atomic mass is 9.95. The van der Waals surface area contributed by atoms with Crippen LogP contribution in [0.3, 0.4) is 0 Å². The van der Waals surface area contributed by atoms with Gasteiger partial charge in [-0.1, -0.05) is 27.7 Å². The van der Waals surface area contributed by atoms with Crippen LogP contribution in [0.4, 0.5) is 0 Å². The molecule has 1 N–H and O–H groups in total.